The first kappa shape index (κ1) is 19.6. The van der Waals surface area contributed by atoms with E-state index >= 15 is 0 Å². The van der Waals surface area contributed by atoms with Crippen LogP contribution in [0.1, 0.15) is 20.9 Å². The monoisotopic (exact) mass is 399 g/mol. The molecular formula is C18H21N7O2S. The Morgan fingerprint density at radius 2 is 1.86 bits per heavy atom. The second kappa shape index (κ2) is 7.85. The number of anilines is 2. The van der Waals surface area contributed by atoms with E-state index in [1.165, 1.54) is 16.1 Å². The Balaban J connectivity index is 1.87. The number of fused-ring (bicyclic) bond motifs is 1. The van der Waals surface area contributed by atoms with Gasteiger partial charge in [0.05, 0.1) is 6.54 Å². The molecule has 0 fully saturated rings. The maximum atomic E-state index is 12.6. The van der Waals surface area contributed by atoms with Gasteiger partial charge in [-0.05, 0) is 31.0 Å². The standard InChI is InChI=1S/C18H21N7O2S/c1-10-6-12(19-7-11(10)2)22-15-14-16(21-9-20-15)28-17(23-14)18(27)25(5)8-13(26)24(3)4/h6-7,9H,8H2,1-5H3,(H,19,20,21,22). The van der Waals surface area contributed by atoms with Crippen molar-refractivity contribution in [3.8, 4) is 0 Å². The summed E-state index contributed by atoms with van der Waals surface area (Å²) in [5, 5.41) is 3.39. The molecular weight excluding hydrogens is 378 g/mol. The first-order chi connectivity index (χ1) is 13.3. The average Bonchev–Trinajstić information content (AvgIpc) is 3.09. The SMILES string of the molecule is Cc1cnc(Nc2ncnc3sc(C(=O)N(C)CC(=O)N(C)C)nc23)cc1C. The molecule has 3 aromatic heterocycles. The van der Waals surface area contributed by atoms with E-state index in [-0.39, 0.29) is 23.4 Å². The Morgan fingerprint density at radius 3 is 2.54 bits per heavy atom. The van der Waals surface area contributed by atoms with Crippen molar-refractivity contribution >= 4 is 45.1 Å². The van der Waals surface area contributed by atoms with Crippen LogP contribution >= 0.6 is 11.3 Å². The first-order valence-electron chi connectivity index (χ1n) is 8.53. The van der Waals surface area contributed by atoms with Gasteiger partial charge >= 0.3 is 0 Å². The summed E-state index contributed by atoms with van der Waals surface area (Å²) < 4.78 is 0. The van der Waals surface area contributed by atoms with E-state index < -0.39 is 0 Å². The van der Waals surface area contributed by atoms with Gasteiger partial charge in [0, 0.05) is 27.3 Å². The maximum absolute atomic E-state index is 12.6. The second-order valence-electron chi connectivity index (χ2n) is 6.62. The van der Waals surface area contributed by atoms with Gasteiger partial charge in [-0.2, -0.15) is 0 Å². The topological polar surface area (TPSA) is 104 Å². The summed E-state index contributed by atoms with van der Waals surface area (Å²) in [5.41, 5.74) is 2.68. The van der Waals surface area contributed by atoms with Crippen LogP contribution in [-0.2, 0) is 4.79 Å². The highest BCUT2D eigenvalue weighted by atomic mass is 32.1. The summed E-state index contributed by atoms with van der Waals surface area (Å²) in [5.74, 6) is 0.606. The van der Waals surface area contributed by atoms with E-state index in [2.05, 4.69) is 25.3 Å². The lowest BCUT2D eigenvalue weighted by molar-refractivity contribution is -0.129. The van der Waals surface area contributed by atoms with Gasteiger partial charge in [-0.1, -0.05) is 11.3 Å². The molecule has 0 spiro atoms. The Labute approximate surface area is 166 Å². The van der Waals surface area contributed by atoms with E-state index in [1.807, 2.05) is 19.9 Å². The van der Waals surface area contributed by atoms with E-state index in [0.717, 1.165) is 22.5 Å². The number of nitrogens with zero attached hydrogens (tertiary/aromatic N) is 6. The van der Waals surface area contributed by atoms with E-state index in [1.54, 1.807) is 27.3 Å². The lowest BCUT2D eigenvalue weighted by Gasteiger charge is -2.17. The molecule has 3 heterocycles. The zero-order valence-corrected chi connectivity index (χ0v) is 17.2. The molecule has 146 valence electrons. The molecule has 3 rings (SSSR count). The summed E-state index contributed by atoms with van der Waals surface area (Å²) in [7, 11) is 4.86. The molecule has 0 aromatic carbocycles. The van der Waals surface area contributed by atoms with Gasteiger partial charge in [0.15, 0.2) is 10.8 Å². The van der Waals surface area contributed by atoms with E-state index in [9.17, 15) is 9.59 Å². The average molecular weight is 399 g/mol. The fraction of sp³-hybridized carbons (Fsp3) is 0.333. The van der Waals surface area contributed by atoms with Crippen molar-refractivity contribution in [1.29, 1.82) is 0 Å². The van der Waals surface area contributed by atoms with Gasteiger partial charge in [0.2, 0.25) is 5.91 Å². The number of pyridine rings is 1. The number of hydrogen-bond acceptors (Lipinski definition) is 8. The largest absolute Gasteiger partial charge is 0.347 e. The fourth-order valence-corrected chi connectivity index (χ4v) is 3.23. The number of aromatic nitrogens is 4. The fourth-order valence-electron chi connectivity index (χ4n) is 2.33. The van der Waals surface area contributed by atoms with Crippen LogP contribution in [0.25, 0.3) is 10.3 Å². The number of carbonyl (C=O) groups excluding carboxylic acids is 2. The highest BCUT2D eigenvalue weighted by Crippen LogP contribution is 2.27. The molecule has 9 nitrogen and oxygen atoms in total. The summed E-state index contributed by atoms with van der Waals surface area (Å²) in [4.78, 5) is 45.0. The summed E-state index contributed by atoms with van der Waals surface area (Å²) >= 11 is 1.16. The predicted molar refractivity (Wildman–Crippen MR) is 108 cm³/mol. The van der Waals surface area contributed by atoms with Crippen molar-refractivity contribution in [3.63, 3.8) is 0 Å². The van der Waals surface area contributed by atoms with Crippen LogP contribution in [0.3, 0.4) is 0 Å². The number of aryl methyl sites for hydroxylation is 2. The minimum Gasteiger partial charge on any atom is -0.347 e. The van der Waals surface area contributed by atoms with Crippen LogP contribution in [0.15, 0.2) is 18.6 Å². The number of likely N-dealkylation sites (N-methyl/N-ethyl adjacent to an activating group) is 2. The lowest BCUT2D eigenvalue weighted by atomic mass is 10.2. The van der Waals surface area contributed by atoms with Crippen molar-refractivity contribution in [3.05, 3.63) is 34.7 Å². The van der Waals surface area contributed by atoms with Crippen LogP contribution in [0.5, 0.6) is 0 Å². The lowest BCUT2D eigenvalue weighted by Crippen LogP contribution is -2.37. The third-order valence-corrected chi connectivity index (χ3v) is 5.17. The highest BCUT2D eigenvalue weighted by molar-refractivity contribution is 7.19. The third kappa shape index (κ3) is 4.06. The first-order valence-corrected chi connectivity index (χ1v) is 9.35. The summed E-state index contributed by atoms with van der Waals surface area (Å²) in [6.07, 6.45) is 3.19. The molecule has 1 N–H and O–H groups in total. The molecule has 0 radical (unpaired) electrons. The number of hydrogen-bond donors (Lipinski definition) is 1. The summed E-state index contributed by atoms with van der Waals surface area (Å²) in [6.45, 7) is 3.97. The highest BCUT2D eigenvalue weighted by Gasteiger charge is 2.21. The molecule has 0 aliphatic rings. The second-order valence-corrected chi connectivity index (χ2v) is 7.60. The minimum atomic E-state index is -0.339. The van der Waals surface area contributed by atoms with Crippen molar-refractivity contribution in [2.75, 3.05) is 33.0 Å². The normalized spacial score (nSPS) is 10.8. The maximum Gasteiger partial charge on any atom is 0.283 e. The van der Waals surface area contributed by atoms with Crippen molar-refractivity contribution in [1.82, 2.24) is 29.7 Å². The molecule has 3 aromatic rings. The van der Waals surface area contributed by atoms with Gasteiger partial charge in [0.1, 0.15) is 22.5 Å². The van der Waals surface area contributed by atoms with Gasteiger partial charge in [0.25, 0.3) is 5.91 Å². The molecule has 0 unspecified atom stereocenters. The zero-order valence-electron chi connectivity index (χ0n) is 16.3. The van der Waals surface area contributed by atoms with Crippen LogP contribution in [0.2, 0.25) is 0 Å². The van der Waals surface area contributed by atoms with Crippen LogP contribution in [-0.4, -0.2) is 69.2 Å². The molecule has 0 saturated carbocycles. The number of thiazole rings is 1. The molecule has 10 heteroatoms. The van der Waals surface area contributed by atoms with Crippen LogP contribution < -0.4 is 5.32 Å². The Morgan fingerprint density at radius 1 is 1.11 bits per heavy atom. The summed E-state index contributed by atoms with van der Waals surface area (Å²) in [6, 6.07) is 1.92. The number of rotatable bonds is 5. The van der Waals surface area contributed by atoms with E-state index in [4.69, 9.17) is 0 Å². The quantitative estimate of drug-likeness (QED) is 0.700. The molecule has 28 heavy (non-hydrogen) atoms. The molecule has 0 bridgehead atoms. The van der Waals surface area contributed by atoms with Gasteiger partial charge in [-0.3, -0.25) is 9.59 Å². The van der Waals surface area contributed by atoms with Crippen LogP contribution in [0.4, 0.5) is 11.6 Å². The number of nitrogens with one attached hydrogen (secondary N) is 1. The molecule has 0 aliphatic heterocycles. The van der Waals surface area contributed by atoms with Gasteiger partial charge in [-0.15, -0.1) is 0 Å². The Hall–Kier alpha value is -3.14. The minimum absolute atomic E-state index is 0.0227. The number of amides is 2. The number of carbonyl (C=O) groups is 2. The third-order valence-electron chi connectivity index (χ3n) is 4.22. The van der Waals surface area contributed by atoms with E-state index in [0.29, 0.717) is 22.0 Å². The smallest absolute Gasteiger partial charge is 0.283 e. The van der Waals surface area contributed by atoms with Crippen molar-refractivity contribution < 1.29 is 9.59 Å². The molecule has 0 saturated heterocycles. The molecule has 0 aliphatic carbocycles. The Bertz CT molecular complexity index is 1050. The van der Waals surface area contributed by atoms with Crippen molar-refractivity contribution in [2.24, 2.45) is 0 Å². The van der Waals surface area contributed by atoms with Gasteiger partial charge in [-0.25, -0.2) is 19.9 Å². The molecule has 0 atom stereocenters. The predicted octanol–water partition coefficient (Wildman–Crippen LogP) is 2.00. The Kier molecular flexibility index (Phi) is 5.50. The van der Waals surface area contributed by atoms with Crippen LogP contribution in [0, 0.1) is 13.8 Å². The zero-order chi connectivity index (χ0) is 20.4. The molecule has 2 amide bonds. The van der Waals surface area contributed by atoms with Gasteiger partial charge < -0.3 is 15.1 Å². The van der Waals surface area contributed by atoms with Crippen molar-refractivity contribution in [2.45, 2.75) is 13.8 Å².